The van der Waals surface area contributed by atoms with Crippen LogP contribution in [0.25, 0.3) is 16.9 Å². The Morgan fingerprint density at radius 3 is 2.47 bits per heavy atom. The topological polar surface area (TPSA) is 82.5 Å². The molecule has 1 saturated carbocycles. The van der Waals surface area contributed by atoms with Crippen LogP contribution in [0.15, 0.2) is 85.1 Å². The third-order valence-corrected chi connectivity index (χ3v) is 5.86. The number of rotatable bonds is 8. The number of amides is 1. The van der Waals surface area contributed by atoms with Gasteiger partial charge in [-0.1, -0.05) is 42.5 Å². The Labute approximate surface area is 207 Å². The molecule has 1 heterocycles. The van der Waals surface area contributed by atoms with E-state index in [0.717, 1.165) is 18.5 Å². The summed E-state index contributed by atoms with van der Waals surface area (Å²) in [4.78, 5) is 26.5. The van der Waals surface area contributed by atoms with Gasteiger partial charge in [0.25, 0.3) is 5.91 Å². The molecule has 1 unspecified atom stereocenters. The highest BCUT2D eigenvalue weighted by atomic mass is 19.1. The molecule has 0 bridgehead atoms. The number of hydrogen-bond donors (Lipinski definition) is 1. The first-order valence-electron chi connectivity index (χ1n) is 11.6. The highest BCUT2D eigenvalue weighted by molar-refractivity contribution is 5.98. The third kappa shape index (κ3) is 5.12. The first-order valence-corrected chi connectivity index (χ1v) is 11.6. The predicted molar refractivity (Wildman–Crippen MR) is 131 cm³/mol. The van der Waals surface area contributed by atoms with Gasteiger partial charge in [0.05, 0.1) is 12.8 Å². The Balaban J connectivity index is 1.53. The van der Waals surface area contributed by atoms with E-state index in [4.69, 9.17) is 9.47 Å². The fourth-order valence-corrected chi connectivity index (χ4v) is 3.81. The van der Waals surface area contributed by atoms with Crippen molar-refractivity contribution in [1.29, 1.82) is 0 Å². The van der Waals surface area contributed by atoms with Crippen molar-refractivity contribution in [1.82, 2.24) is 15.1 Å². The molecule has 1 fully saturated rings. The summed E-state index contributed by atoms with van der Waals surface area (Å²) < 4.78 is 26.2. The van der Waals surface area contributed by atoms with Gasteiger partial charge >= 0.3 is 5.97 Å². The lowest BCUT2D eigenvalue weighted by molar-refractivity contribution is -0.130. The Bertz CT molecular complexity index is 1380. The number of carbonyl (C=O) groups is 2. The minimum absolute atomic E-state index is 0.0623. The highest BCUT2D eigenvalue weighted by Gasteiger charge is 2.32. The van der Waals surface area contributed by atoms with Crippen LogP contribution in [0.2, 0.25) is 0 Å². The normalized spacial score (nSPS) is 13.6. The van der Waals surface area contributed by atoms with Gasteiger partial charge in [-0.25, -0.2) is 13.9 Å². The van der Waals surface area contributed by atoms with Gasteiger partial charge in [-0.3, -0.25) is 4.79 Å². The maximum absolute atomic E-state index is 13.5. The maximum atomic E-state index is 13.5. The summed E-state index contributed by atoms with van der Waals surface area (Å²) in [5.74, 6) is -1.02. The Kier molecular flexibility index (Phi) is 6.49. The van der Waals surface area contributed by atoms with Crippen LogP contribution in [0, 0.1) is 5.82 Å². The molecule has 4 aromatic rings. The second-order valence-corrected chi connectivity index (χ2v) is 8.52. The molecule has 36 heavy (non-hydrogen) atoms. The molecule has 1 amide bonds. The number of ether oxygens (including phenoxy) is 2. The molecule has 0 radical (unpaired) electrons. The molecule has 1 atom stereocenters. The zero-order valence-corrected chi connectivity index (χ0v) is 19.6. The average Bonchev–Trinajstić information content (AvgIpc) is 3.61. The summed E-state index contributed by atoms with van der Waals surface area (Å²) in [7, 11) is 1.56. The van der Waals surface area contributed by atoms with Crippen molar-refractivity contribution in [2.75, 3.05) is 7.11 Å². The number of esters is 1. The number of nitrogens with zero attached hydrogens (tertiary/aromatic N) is 2. The maximum Gasteiger partial charge on any atom is 0.343 e. The number of halogens is 1. The number of benzene rings is 3. The van der Waals surface area contributed by atoms with Crippen LogP contribution in [-0.2, 0) is 9.53 Å². The fourth-order valence-electron chi connectivity index (χ4n) is 3.81. The number of aromatic nitrogens is 2. The SMILES string of the molecule is COc1cccc(-c2nn(-c3ccccc3)cc2C(=O)OC(C(=O)NC2CC2)c2ccc(F)cc2)c1. The van der Waals surface area contributed by atoms with E-state index in [-0.39, 0.29) is 11.6 Å². The summed E-state index contributed by atoms with van der Waals surface area (Å²) >= 11 is 0. The molecule has 182 valence electrons. The van der Waals surface area contributed by atoms with Crippen LogP contribution < -0.4 is 10.1 Å². The Morgan fingerprint density at radius 1 is 1.03 bits per heavy atom. The summed E-state index contributed by atoms with van der Waals surface area (Å²) in [5, 5.41) is 7.52. The van der Waals surface area contributed by atoms with E-state index in [0.29, 0.717) is 22.6 Å². The number of carbonyl (C=O) groups excluding carboxylic acids is 2. The van der Waals surface area contributed by atoms with Crippen molar-refractivity contribution in [3.05, 3.63) is 102 Å². The molecular weight excluding hydrogens is 461 g/mol. The standard InChI is InChI=1S/C28H24FN3O4/c1-35-23-9-5-6-19(16-23)25-24(17-32(31-25)22-7-3-2-4-8-22)28(34)36-26(27(33)30-21-14-15-21)18-10-12-20(29)13-11-18/h2-13,16-17,21,26H,14-15H2,1H3,(H,30,33). The third-order valence-electron chi connectivity index (χ3n) is 5.86. The zero-order valence-electron chi connectivity index (χ0n) is 19.6. The Morgan fingerprint density at radius 2 is 1.78 bits per heavy atom. The number of methoxy groups -OCH3 is 1. The lowest BCUT2D eigenvalue weighted by atomic mass is 10.1. The lowest BCUT2D eigenvalue weighted by Crippen LogP contribution is -2.33. The summed E-state index contributed by atoms with van der Waals surface area (Å²) in [6.07, 6.45) is 2.09. The van der Waals surface area contributed by atoms with Crippen LogP contribution in [-0.4, -0.2) is 34.8 Å². The van der Waals surface area contributed by atoms with Crippen LogP contribution in [0.5, 0.6) is 5.75 Å². The lowest BCUT2D eigenvalue weighted by Gasteiger charge is -2.18. The van der Waals surface area contributed by atoms with Crippen LogP contribution in [0.3, 0.4) is 0 Å². The van der Waals surface area contributed by atoms with Crippen molar-refractivity contribution < 1.29 is 23.5 Å². The molecule has 0 aliphatic heterocycles. The molecule has 1 N–H and O–H groups in total. The van der Waals surface area contributed by atoms with Crippen molar-refractivity contribution in [2.45, 2.75) is 25.0 Å². The fraction of sp³-hybridized carbons (Fsp3) is 0.179. The monoisotopic (exact) mass is 485 g/mol. The van der Waals surface area contributed by atoms with Crippen LogP contribution in [0.4, 0.5) is 4.39 Å². The molecule has 1 aliphatic rings. The van der Waals surface area contributed by atoms with E-state index in [1.54, 1.807) is 36.2 Å². The van der Waals surface area contributed by atoms with Crippen molar-refractivity contribution in [3.8, 4) is 22.7 Å². The number of hydrogen-bond acceptors (Lipinski definition) is 5. The van der Waals surface area contributed by atoms with Gasteiger partial charge in [-0.2, -0.15) is 5.10 Å². The smallest absolute Gasteiger partial charge is 0.343 e. The second kappa shape index (κ2) is 10.0. The molecule has 3 aromatic carbocycles. The molecule has 0 spiro atoms. The van der Waals surface area contributed by atoms with E-state index < -0.39 is 23.8 Å². The predicted octanol–water partition coefficient (Wildman–Crippen LogP) is 4.86. The first kappa shape index (κ1) is 23.3. The average molecular weight is 486 g/mol. The molecule has 7 nitrogen and oxygen atoms in total. The van der Waals surface area contributed by atoms with E-state index in [1.165, 1.54) is 24.3 Å². The van der Waals surface area contributed by atoms with Gasteiger partial charge in [0.2, 0.25) is 6.10 Å². The van der Waals surface area contributed by atoms with Gasteiger partial charge in [0, 0.05) is 23.4 Å². The van der Waals surface area contributed by atoms with Gasteiger partial charge in [-0.05, 0) is 49.2 Å². The molecule has 0 saturated heterocycles. The quantitative estimate of drug-likeness (QED) is 0.360. The number of nitrogens with one attached hydrogen (secondary N) is 1. The second-order valence-electron chi connectivity index (χ2n) is 8.52. The van der Waals surface area contributed by atoms with Crippen molar-refractivity contribution >= 4 is 11.9 Å². The largest absolute Gasteiger partial charge is 0.497 e. The van der Waals surface area contributed by atoms with E-state index in [9.17, 15) is 14.0 Å². The van der Waals surface area contributed by atoms with Crippen molar-refractivity contribution in [2.24, 2.45) is 0 Å². The molecule has 8 heteroatoms. The van der Waals surface area contributed by atoms with Gasteiger partial charge in [0.15, 0.2) is 0 Å². The van der Waals surface area contributed by atoms with E-state index in [2.05, 4.69) is 10.4 Å². The van der Waals surface area contributed by atoms with Gasteiger partial charge in [0.1, 0.15) is 22.8 Å². The highest BCUT2D eigenvalue weighted by Crippen LogP contribution is 2.30. The summed E-state index contributed by atoms with van der Waals surface area (Å²) in [5.41, 5.74) is 2.34. The summed E-state index contributed by atoms with van der Waals surface area (Å²) in [6.45, 7) is 0. The minimum atomic E-state index is -1.24. The van der Waals surface area contributed by atoms with Gasteiger partial charge < -0.3 is 14.8 Å². The molecule has 1 aromatic heterocycles. The summed E-state index contributed by atoms with van der Waals surface area (Å²) in [6, 6.07) is 21.9. The van der Waals surface area contributed by atoms with Crippen LogP contribution >= 0.6 is 0 Å². The molecule has 5 rings (SSSR count). The van der Waals surface area contributed by atoms with E-state index >= 15 is 0 Å². The minimum Gasteiger partial charge on any atom is -0.497 e. The Hall–Kier alpha value is -4.46. The zero-order chi connectivity index (χ0) is 25.1. The van der Waals surface area contributed by atoms with Gasteiger partial charge in [-0.15, -0.1) is 0 Å². The molecule has 1 aliphatic carbocycles. The van der Waals surface area contributed by atoms with Crippen LogP contribution in [0.1, 0.15) is 34.9 Å². The van der Waals surface area contributed by atoms with Crippen molar-refractivity contribution in [3.63, 3.8) is 0 Å². The first-order chi connectivity index (χ1) is 17.5. The molecular formula is C28H24FN3O4. The number of para-hydroxylation sites is 1. The van der Waals surface area contributed by atoms with E-state index in [1.807, 2.05) is 36.4 Å².